The van der Waals surface area contributed by atoms with Crippen LogP contribution < -0.4 is 16.4 Å². The molecule has 1 heterocycles. The van der Waals surface area contributed by atoms with Crippen LogP contribution in [0.1, 0.15) is 51.4 Å². The second-order valence-electron chi connectivity index (χ2n) is 6.17. The number of rotatable bonds is 5. The highest BCUT2D eigenvalue weighted by Crippen LogP contribution is 2.18. The van der Waals surface area contributed by atoms with Crippen molar-refractivity contribution >= 4 is 5.91 Å². The van der Waals surface area contributed by atoms with Crippen LogP contribution in [0, 0.1) is 0 Å². The molecule has 0 bridgehead atoms. The van der Waals surface area contributed by atoms with Gasteiger partial charge in [0.25, 0.3) is 0 Å². The lowest BCUT2D eigenvalue weighted by molar-refractivity contribution is -0.129. The largest absolute Gasteiger partial charge is 0.381 e. The molecule has 20 heavy (non-hydrogen) atoms. The van der Waals surface area contributed by atoms with Crippen LogP contribution in [0.25, 0.3) is 0 Å². The summed E-state index contributed by atoms with van der Waals surface area (Å²) in [6.45, 7) is 2.67. The van der Waals surface area contributed by atoms with Crippen molar-refractivity contribution in [2.75, 3.05) is 26.3 Å². The summed E-state index contributed by atoms with van der Waals surface area (Å²) in [5, 5.41) is 6.52. The fourth-order valence-corrected chi connectivity index (χ4v) is 3.07. The summed E-state index contributed by atoms with van der Waals surface area (Å²) in [4.78, 5) is 12.1. The van der Waals surface area contributed by atoms with Crippen LogP contribution in [-0.2, 0) is 9.53 Å². The first-order valence-corrected chi connectivity index (χ1v) is 8.09. The molecule has 2 rings (SSSR count). The van der Waals surface area contributed by atoms with Crippen LogP contribution in [0.15, 0.2) is 0 Å². The van der Waals surface area contributed by atoms with Gasteiger partial charge in [0.05, 0.1) is 5.54 Å². The number of hydrogen-bond donors (Lipinski definition) is 3. The zero-order valence-electron chi connectivity index (χ0n) is 12.5. The van der Waals surface area contributed by atoms with E-state index < -0.39 is 5.54 Å². The zero-order valence-corrected chi connectivity index (χ0v) is 12.5. The van der Waals surface area contributed by atoms with Crippen LogP contribution in [0.4, 0.5) is 0 Å². The first-order valence-electron chi connectivity index (χ1n) is 8.09. The predicted molar refractivity (Wildman–Crippen MR) is 79.5 cm³/mol. The maximum Gasteiger partial charge on any atom is 0.240 e. The Morgan fingerprint density at radius 3 is 2.40 bits per heavy atom. The Labute approximate surface area is 122 Å². The van der Waals surface area contributed by atoms with Gasteiger partial charge in [-0.25, -0.2) is 0 Å². The van der Waals surface area contributed by atoms with Crippen LogP contribution in [0.5, 0.6) is 0 Å². The Morgan fingerprint density at radius 1 is 1.10 bits per heavy atom. The summed E-state index contributed by atoms with van der Waals surface area (Å²) in [6, 6.07) is 0.629. The van der Waals surface area contributed by atoms with Gasteiger partial charge in [0, 0.05) is 32.3 Å². The van der Waals surface area contributed by atoms with E-state index in [-0.39, 0.29) is 5.91 Å². The number of amides is 1. The molecule has 5 nitrogen and oxygen atoms in total. The summed E-state index contributed by atoms with van der Waals surface area (Å²) < 4.78 is 5.26. The molecular weight excluding hydrogens is 254 g/mol. The lowest BCUT2D eigenvalue weighted by atomic mass is 9.90. The minimum atomic E-state index is -0.722. The number of carbonyl (C=O) groups is 1. The van der Waals surface area contributed by atoms with Crippen LogP contribution in [-0.4, -0.2) is 43.8 Å². The van der Waals surface area contributed by atoms with Gasteiger partial charge in [-0.3, -0.25) is 4.79 Å². The molecule has 116 valence electrons. The molecule has 0 radical (unpaired) electrons. The molecule has 1 amide bonds. The van der Waals surface area contributed by atoms with Crippen molar-refractivity contribution in [3.05, 3.63) is 0 Å². The molecule has 0 atom stereocenters. The van der Waals surface area contributed by atoms with E-state index in [0.717, 1.165) is 6.54 Å². The van der Waals surface area contributed by atoms with Crippen molar-refractivity contribution in [3.8, 4) is 0 Å². The van der Waals surface area contributed by atoms with E-state index >= 15 is 0 Å². The SMILES string of the molecule is NC1(C(=O)NCCNC2CCCCCC2)CCOCC1. The third kappa shape index (κ3) is 4.72. The maximum absolute atomic E-state index is 12.1. The number of ether oxygens (including phenoxy) is 1. The van der Waals surface area contributed by atoms with Gasteiger partial charge >= 0.3 is 0 Å². The van der Waals surface area contributed by atoms with E-state index in [4.69, 9.17) is 10.5 Å². The molecular formula is C15H29N3O2. The summed E-state index contributed by atoms with van der Waals surface area (Å²) in [7, 11) is 0. The van der Waals surface area contributed by atoms with Gasteiger partial charge in [-0.05, 0) is 25.7 Å². The Morgan fingerprint density at radius 2 is 1.75 bits per heavy atom. The average molecular weight is 283 g/mol. The number of hydrogen-bond acceptors (Lipinski definition) is 4. The average Bonchev–Trinajstić information content (AvgIpc) is 2.73. The fourth-order valence-electron chi connectivity index (χ4n) is 3.07. The normalized spacial score (nSPS) is 24.1. The molecule has 5 heteroatoms. The molecule has 0 aromatic rings. The van der Waals surface area contributed by atoms with Crippen molar-refractivity contribution < 1.29 is 9.53 Å². The van der Waals surface area contributed by atoms with Crippen molar-refractivity contribution in [2.45, 2.75) is 62.9 Å². The minimum absolute atomic E-state index is 0.0246. The van der Waals surface area contributed by atoms with E-state index in [1.165, 1.54) is 38.5 Å². The Kier molecular flexibility index (Phi) is 6.26. The van der Waals surface area contributed by atoms with Gasteiger partial charge in [-0.2, -0.15) is 0 Å². The van der Waals surface area contributed by atoms with Gasteiger partial charge in [0.2, 0.25) is 5.91 Å². The fraction of sp³-hybridized carbons (Fsp3) is 0.933. The highest BCUT2D eigenvalue weighted by atomic mass is 16.5. The quantitative estimate of drug-likeness (QED) is 0.518. The van der Waals surface area contributed by atoms with E-state index in [1.54, 1.807) is 0 Å². The molecule has 1 saturated heterocycles. The van der Waals surface area contributed by atoms with E-state index in [0.29, 0.717) is 38.6 Å². The smallest absolute Gasteiger partial charge is 0.240 e. The van der Waals surface area contributed by atoms with Gasteiger partial charge in [0.1, 0.15) is 0 Å². The van der Waals surface area contributed by atoms with Gasteiger partial charge in [-0.1, -0.05) is 25.7 Å². The highest BCUT2D eigenvalue weighted by molar-refractivity contribution is 5.86. The topological polar surface area (TPSA) is 76.4 Å². The van der Waals surface area contributed by atoms with Crippen molar-refractivity contribution in [1.29, 1.82) is 0 Å². The zero-order chi connectivity index (χ0) is 14.3. The number of carbonyl (C=O) groups excluding carboxylic acids is 1. The second-order valence-corrected chi connectivity index (χ2v) is 6.17. The second kappa shape index (κ2) is 7.96. The Bertz CT molecular complexity index is 295. The highest BCUT2D eigenvalue weighted by Gasteiger charge is 2.35. The third-order valence-electron chi connectivity index (χ3n) is 4.54. The third-order valence-corrected chi connectivity index (χ3v) is 4.54. The summed E-state index contributed by atoms with van der Waals surface area (Å²) in [5.41, 5.74) is 5.41. The predicted octanol–water partition coefficient (Wildman–Crippen LogP) is 0.923. The van der Waals surface area contributed by atoms with Crippen molar-refractivity contribution in [2.24, 2.45) is 5.73 Å². The summed E-state index contributed by atoms with van der Waals surface area (Å²) >= 11 is 0. The number of nitrogens with two attached hydrogens (primary N) is 1. The molecule has 1 aliphatic carbocycles. The van der Waals surface area contributed by atoms with Crippen molar-refractivity contribution in [3.63, 3.8) is 0 Å². The molecule has 1 saturated carbocycles. The lowest BCUT2D eigenvalue weighted by Gasteiger charge is -2.31. The van der Waals surface area contributed by atoms with E-state index in [2.05, 4.69) is 10.6 Å². The van der Waals surface area contributed by atoms with Crippen molar-refractivity contribution in [1.82, 2.24) is 10.6 Å². The molecule has 1 aliphatic heterocycles. The molecule has 2 fully saturated rings. The van der Waals surface area contributed by atoms with Gasteiger partial charge in [0.15, 0.2) is 0 Å². The van der Waals surface area contributed by atoms with Crippen LogP contribution in [0.3, 0.4) is 0 Å². The van der Waals surface area contributed by atoms with Gasteiger partial charge < -0.3 is 21.1 Å². The monoisotopic (exact) mass is 283 g/mol. The lowest BCUT2D eigenvalue weighted by Crippen LogP contribution is -2.57. The first-order chi connectivity index (χ1) is 9.71. The molecule has 2 aliphatic rings. The van der Waals surface area contributed by atoms with Crippen LogP contribution >= 0.6 is 0 Å². The summed E-state index contributed by atoms with van der Waals surface area (Å²) in [5.74, 6) is -0.0246. The Balaban J connectivity index is 1.61. The first kappa shape index (κ1) is 15.7. The molecule has 0 aromatic heterocycles. The number of nitrogens with one attached hydrogen (secondary N) is 2. The molecule has 0 spiro atoms. The maximum atomic E-state index is 12.1. The standard InChI is InChI=1S/C15H29N3O2/c16-15(7-11-20-12-8-15)14(19)18-10-9-17-13-5-3-1-2-4-6-13/h13,17H,1-12,16H2,(H,18,19). The van der Waals surface area contributed by atoms with Gasteiger partial charge in [-0.15, -0.1) is 0 Å². The summed E-state index contributed by atoms with van der Waals surface area (Å²) in [6.07, 6.45) is 9.17. The molecule has 4 N–H and O–H groups in total. The Hall–Kier alpha value is -0.650. The van der Waals surface area contributed by atoms with E-state index in [9.17, 15) is 4.79 Å². The minimum Gasteiger partial charge on any atom is -0.381 e. The molecule has 0 unspecified atom stereocenters. The van der Waals surface area contributed by atoms with E-state index in [1.807, 2.05) is 0 Å². The van der Waals surface area contributed by atoms with Crippen LogP contribution in [0.2, 0.25) is 0 Å². The molecule has 0 aromatic carbocycles.